The van der Waals surface area contributed by atoms with Gasteiger partial charge in [-0.15, -0.1) is 0 Å². The Kier molecular flexibility index (Phi) is 4.19. The van der Waals surface area contributed by atoms with Crippen LogP contribution in [0.1, 0.15) is 12.8 Å². The summed E-state index contributed by atoms with van der Waals surface area (Å²) in [7, 11) is 4.94. The molecule has 4 nitrogen and oxygen atoms in total. The van der Waals surface area contributed by atoms with Crippen molar-refractivity contribution in [1.82, 2.24) is 0 Å². The molecule has 1 fully saturated rings. The molecule has 1 aliphatic carbocycles. The first-order chi connectivity index (χ1) is 8.67. The summed E-state index contributed by atoms with van der Waals surface area (Å²) in [5.41, 5.74) is 0.869. The summed E-state index contributed by atoms with van der Waals surface area (Å²) in [4.78, 5) is 0. The Labute approximate surface area is 112 Å². The van der Waals surface area contributed by atoms with Crippen molar-refractivity contribution >= 4 is 17.3 Å². The van der Waals surface area contributed by atoms with Gasteiger partial charge in [0.15, 0.2) is 11.5 Å². The van der Waals surface area contributed by atoms with Crippen LogP contribution < -0.4 is 14.8 Å². The Hall–Kier alpha value is -1.13. The Morgan fingerprint density at radius 2 is 1.72 bits per heavy atom. The van der Waals surface area contributed by atoms with E-state index in [2.05, 4.69) is 5.32 Å². The van der Waals surface area contributed by atoms with Crippen molar-refractivity contribution in [3.63, 3.8) is 0 Å². The number of benzene rings is 1. The maximum atomic E-state index is 6.20. The van der Waals surface area contributed by atoms with Crippen LogP contribution in [0.5, 0.6) is 11.5 Å². The molecule has 0 bridgehead atoms. The average molecular weight is 272 g/mol. The summed E-state index contributed by atoms with van der Waals surface area (Å²) in [6.45, 7) is 0. The summed E-state index contributed by atoms with van der Waals surface area (Å²) in [6, 6.07) is 4.03. The van der Waals surface area contributed by atoms with Crippen LogP contribution in [0.25, 0.3) is 0 Å². The minimum atomic E-state index is 0.362. The Morgan fingerprint density at radius 3 is 2.28 bits per heavy atom. The normalized spacial score (nSPS) is 22.2. The third kappa shape index (κ3) is 2.65. The van der Waals surface area contributed by atoms with Crippen LogP contribution in [0, 0.1) is 0 Å². The quantitative estimate of drug-likeness (QED) is 0.894. The third-order valence-electron chi connectivity index (χ3n) is 3.26. The van der Waals surface area contributed by atoms with Gasteiger partial charge >= 0.3 is 0 Å². The highest BCUT2D eigenvalue weighted by Gasteiger charge is 2.29. The molecular formula is C13H18ClNO3. The first-order valence-electron chi connectivity index (χ1n) is 5.88. The predicted molar refractivity (Wildman–Crippen MR) is 72.0 cm³/mol. The van der Waals surface area contributed by atoms with Gasteiger partial charge in [-0.2, -0.15) is 0 Å². The van der Waals surface area contributed by atoms with Gasteiger partial charge in [-0.3, -0.25) is 0 Å². The van der Waals surface area contributed by atoms with Gasteiger partial charge in [0.05, 0.1) is 31.0 Å². The molecule has 2 rings (SSSR count). The maximum Gasteiger partial charge on any atom is 0.162 e. The number of nitrogens with one attached hydrogen (secondary N) is 1. The Bertz CT molecular complexity index is 419. The molecule has 1 aromatic carbocycles. The smallest absolute Gasteiger partial charge is 0.162 e. The summed E-state index contributed by atoms with van der Waals surface area (Å²) >= 11 is 6.20. The van der Waals surface area contributed by atoms with Crippen LogP contribution in [0.4, 0.5) is 5.69 Å². The lowest BCUT2D eigenvalue weighted by Crippen LogP contribution is -2.40. The van der Waals surface area contributed by atoms with Crippen LogP contribution in [-0.2, 0) is 4.74 Å². The van der Waals surface area contributed by atoms with Crippen LogP contribution in [0.15, 0.2) is 12.1 Å². The molecule has 1 aromatic rings. The molecule has 0 saturated heterocycles. The molecule has 0 amide bonds. The molecule has 0 unspecified atom stereocenters. The van der Waals surface area contributed by atoms with E-state index in [1.807, 2.05) is 6.07 Å². The molecule has 0 spiro atoms. The molecule has 0 atom stereocenters. The number of hydrogen-bond acceptors (Lipinski definition) is 4. The van der Waals surface area contributed by atoms with E-state index in [1.54, 1.807) is 27.4 Å². The molecule has 100 valence electrons. The number of ether oxygens (including phenoxy) is 3. The lowest BCUT2D eigenvalue weighted by atomic mass is 9.89. The van der Waals surface area contributed by atoms with Crippen LogP contribution in [-0.4, -0.2) is 33.5 Å². The van der Waals surface area contributed by atoms with Gasteiger partial charge in [-0.1, -0.05) is 11.6 Å². The summed E-state index contributed by atoms with van der Waals surface area (Å²) in [6.07, 6.45) is 2.36. The van der Waals surface area contributed by atoms with Gasteiger partial charge in [0.1, 0.15) is 0 Å². The molecule has 1 aliphatic rings. The van der Waals surface area contributed by atoms with E-state index >= 15 is 0 Å². The fourth-order valence-electron chi connectivity index (χ4n) is 2.06. The number of hydrogen-bond donors (Lipinski definition) is 1. The van der Waals surface area contributed by atoms with Crippen molar-refractivity contribution < 1.29 is 14.2 Å². The van der Waals surface area contributed by atoms with Crippen molar-refractivity contribution in [2.24, 2.45) is 0 Å². The van der Waals surface area contributed by atoms with E-state index < -0.39 is 0 Å². The largest absolute Gasteiger partial charge is 0.493 e. The molecular weight excluding hydrogens is 254 g/mol. The number of anilines is 1. The van der Waals surface area contributed by atoms with Crippen molar-refractivity contribution in [3.05, 3.63) is 17.2 Å². The van der Waals surface area contributed by atoms with E-state index in [0.717, 1.165) is 18.5 Å². The van der Waals surface area contributed by atoms with Crippen molar-refractivity contribution in [2.45, 2.75) is 25.0 Å². The first-order valence-corrected chi connectivity index (χ1v) is 6.26. The average Bonchev–Trinajstić information content (AvgIpc) is 2.34. The van der Waals surface area contributed by atoms with Crippen molar-refractivity contribution in [1.29, 1.82) is 0 Å². The SMILES string of the molecule is COc1cc(Cl)c(NC2CC(OC)C2)cc1OC. The molecule has 0 aliphatic heterocycles. The molecule has 18 heavy (non-hydrogen) atoms. The van der Waals surface area contributed by atoms with E-state index in [-0.39, 0.29) is 0 Å². The fraction of sp³-hybridized carbons (Fsp3) is 0.538. The Morgan fingerprint density at radius 1 is 1.11 bits per heavy atom. The summed E-state index contributed by atoms with van der Waals surface area (Å²) < 4.78 is 15.7. The number of methoxy groups -OCH3 is 3. The van der Waals surface area contributed by atoms with Crippen molar-refractivity contribution in [3.8, 4) is 11.5 Å². The highest BCUT2D eigenvalue weighted by atomic mass is 35.5. The second kappa shape index (κ2) is 5.67. The highest BCUT2D eigenvalue weighted by Crippen LogP contribution is 2.37. The second-order valence-corrected chi connectivity index (χ2v) is 4.76. The molecule has 5 heteroatoms. The second-order valence-electron chi connectivity index (χ2n) is 4.36. The van der Waals surface area contributed by atoms with E-state index in [0.29, 0.717) is 28.7 Å². The van der Waals surface area contributed by atoms with Gasteiger partial charge in [0.2, 0.25) is 0 Å². The van der Waals surface area contributed by atoms with Gasteiger partial charge in [-0.05, 0) is 12.8 Å². The molecule has 0 aromatic heterocycles. The number of halogens is 1. The monoisotopic (exact) mass is 271 g/mol. The highest BCUT2D eigenvalue weighted by molar-refractivity contribution is 6.33. The van der Waals surface area contributed by atoms with Gasteiger partial charge in [0, 0.05) is 25.3 Å². The molecule has 0 radical (unpaired) electrons. The summed E-state index contributed by atoms with van der Waals surface area (Å²) in [5, 5.41) is 4.02. The zero-order valence-electron chi connectivity index (χ0n) is 10.8. The van der Waals surface area contributed by atoms with Crippen LogP contribution >= 0.6 is 11.6 Å². The first kappa shape index (κ1) is 13.3. The molecule has 1 saturated carbocycles. The zero-order chi connectivity index (χ0) is 13.1. The van der Waals surface area contributed by atoms with E-state index in [1.165, 1.54) is 0 Å². The van der Waals surface area contributed by atoms with Gasteiger partial charge in [-0.25, -0.2) is 0 Å². The van der Waals surface area contributed by atoms with E-state index in [4.69, 9.17) is 25.8 Å². The van der Waals surface area contributed by atoms with Crippen molar-refractivity contribution in [2.75, 3.05) is 26.6 Å². The minimum absolute atomic E-state index is 0.362. The zero-order valence-corrected chi connectivity index (χ0v) is 11.6. The summed E-state index contributed by atoms with van der Waals surface area (Å²) in [5.74, 6) is 1.31. The minimum Gasteiger partial charge on any atom is -0.493 e. The number of rotatable bonds is 5. The lowest BCUT2D eigenvalue weighted by Gasteiger charge is -2.35. The Balaban J connectivity index is 2.08. The molecule has 1 N–H and O–H groups in total. The standard InChI is InChI=1S/C13H18ClNO3/c1-16-9-4-8(5-9)15-11-7-13(18-3)12(17-2)6-10(11)14/h6-9,15H,4-5H2,1-3H3. The van der Waals surface area contributed by atoms with E-state index in [9.17, 15) is 0 Å². The fourth-order valence-corrected chi connectivity index (χ4v) is 2.27. The lowest BCUT2D eigenvalue weighted by molar-refractivity contribution is 0.0329. The topological polar surface area (TPSA) is 39.7 Å². The molecule has 0 heterocycles. The maximum absolute atomic E-state index is 6.20. The third-order valence-corrected chi connectivity index (χ3v) is 3.57. The van der Waals surface area contributed by atoms with Crippen LogP contribution in [0.2, 0.25) is 5.02 Å². The van der Waals surface area contributed by atoms with Crippen LogP contribution in [0.3, 0.4) is 0 Å². The predicted octanol–water partition coefficient (Wildman–Crippen LogP) is 2.95. The van der Waals surface area contributed by atoms with Gasteiger partial charge < -0.3 is 19.5 Å². The van der Waals surface area contributed by atoms with Gasteiger partial charge in [0.25, 0.3) is 0 Å².